The van der Waals surface area contributed by atoms with Crippen LogP contribution in [0, 0.1) is 0 Å². The van der Waals surface area contributed by atoms with Crippen LogP contribution in [0.4, 0.5) is 5.69 Å². The highest BCUT2D eigenvalue weighted by Gasteiger charge is 2.25. The van der Waals surface area contributed by atoms with E-state index in [0.29, 0.717) is 5.56 Å². The van der Waals surface area contributed by atoms with E-state index < -0.39 is 18.0 Å². The summed E-state index contributed by atoms with van der Waals surface area (Å²) in [6.07, 6.45) is -1.23. The molecule has 0 aromatic heterocycles. The first-order valence-electron chi connectivity index (χ1n) is 6.20. The lowest BCUT2D eigenvalue weighted by Gasteiger charge is -2.16. The number of ether oxygens (including phenoxy) is 1. The second kappa shape index (κ2) is 6.68. The van der Waals surface area contributed by atoms with Gasteiger partial charge < -0.3 is 16.2 Å². The van der Waals surface area contributed by atoms with Crippen LogP contribution in [0.25, 0.3) is 0 Å². The summed E-state index contributed by atoms with van der Waals surface area (Å²) in [6, 6.07) is 11.1. The van der Waals surface area contributed by atoms with Gasteiger partial charge in [0.05, 0.1) is 16.3 Å². The Kier molecular flexibility index (Phi) is 4.90. The molecule has 1 amide bonds. The normalized spacial score (nSPS) is 11.7. The van der Waals surface area contributed by atoms with Crippen LogP contribution < -0.4 is 11.5 Å². The van der Waals surface area contributed by atoms with Gasteiger partial charge in [-0.25, -0.2) is 4.79 Å². The van der Waals surface area contributed by atoms with Gasteiger partial charge in [0.25, 0.3) is 5.91 Å². The van der Waals surface area contributed by atoms with E-state index in [1.165, 1.54) is 12.1 Å². The van der Waals surface area contributed by atoms with Crippen molar-refractivity contribution < 1.29 is 14.3 Å². The first kappa shape index (κ1) is 16.1. The lowest BCUT2D eigenvalue weighted by Crippen LogP contribution is -2.26. The van der Waals surface area contributed by atoms with E-state index in [-0.39, 0.29) is 21.3 Å². The second-order valence-electron chi connectivity index (χ2n) is 4.45. The van der Waals surface area contributed by atoms with E-state index >= 15 is 0 Å². The number of hydrogen-bond acceptors (Lipinski definition) is 4. The third kappa shape index (κ3) is 3.50. The van der Waals surface area contributed by atoms with Gasteiger partial charge in [-0.15, -0.1) is 0 Å². The summed E-state index contributed by atoms with van der Waals surface area (Å²) in [5, 5.41) is 0.344. The van der Waals surface area contributed by atoms with Crippen molar-refractivity contribution in [2.75, 3.05) is 5.73 Å². The number of anilines is 1. The zero-order valence-corrected chi connectivity index (χ0v) is 12.8. The van der Waals surface area contributed by atoms with Crippen molar-refractivity contribution in [2.24, 2.45) is 5.73 Å². The lowest BCUT2D eigenvalue weighted by molar-refractivity contribution is -0.127. The van der Waals surface area contributed by atoms with Crippen LogP contribution in [-0.2, 0) is 9.53 Å². The molecule has 0 spiro atoms. The Balaban J connectivity index is 2.32. The van der Waals surface area contributed by atoms with Crippen LogP contribution in [0.15, 0.2) is 42.5 Å². The number of nitrogen functional groups attached to an aromatic ring is 1. The molecule has 5 nitrogen and oxygen atoms in total. The molecule has 2 aromatic rings. The Morgan fingerprint density at radius 3 is 2.32 bits per heavy atom. The maximum absolute atomic E-state index is 12.2. The first-order valence-corrected chi connectivity index (χ1v) is 6.95. The van der Waals surface area contributed by atoms with E-state index in [2.05, 4.69) is 0 Å². The molecule has 2 aromatic carbocycles. The highest BCUT2D eigenvalue weighted by atomic mass is 35.5. The van der Waals surface area contributed by atoms with Crippen LogP contribution in [0.2, 0.25) is 10.0 Å². The monoisotopic (exact) mass is 338 g/mol. The molecule has 0 heterocycles. The second-order valence-corrected chi connectivity index (χ2v) is 5.29. The highest BCUT2D eigenvalue weighted by molar-refractivity contribution is 6.37. The summed E-state index contributed by atoms with van der Waals surface area (Å²) in [6.45, 7) is 0. The van der Waals surface area contributed by atoms with E-state index in [1.807, 2.05) is 0 Å². The van der Waals surface area contributed by atoms with E-state index in [1.54, 1.807) is 30.3 Å². The number of nitrogens with two attached hydrogens (primary N) is 2. The van der Waals surface area contributed by atoms with Crippen LogP contribution in [0.5, 0.6) is 0 Å². The zero-order chi connectivity index (χ0) is 16.3. The molecule has 0 bridgehead atoms. The predicted octanol–water partition coefficient (Wildman–Crippen LogP) is 2.96. The molecule has 2 rings (SSSR count). The molecular formula is C15H12Cl2N2O3. The summed E-state index contributed by atoms with van der Waals surface area (Å²) in [5.41, 5.74) is 11.5. The quantitative estimate of drug-likeness (QED) is 0.661. The van der Waals surface area contributed by atoms with Gasteiger partial charge in [-0.05, 0) is 12.1 Å². The van der Waals surface area contributed by atoms with E-state index in [4.69, 9.17) is 39.4 Å². The minimum atomic E-state index is -1.23. The van der Waals surface area contributed by atoms with Crippen molar-refractivity contribution in [3.8, 4) is 0 Å². The Hall–Kier alpha value is -2.24. The van der Waals surface area contributed by atoms with E-state index in [0.717, 1.165) is 0 Å². The molecule has 0 saturated heterocycles. The maximum Gasteiger partial charge on any atom is 0.341 e. The van der Waals surface area contributed by atoms with Gasteiger partial charge in [-0.1, -0.05) is 53.5 Å². The molecule has 114 valence electrons. The molecule has 7 heteroatoms. The number of hydrogen-bond donors (Lipinski definition) is 2. The fraction of sp³-hybridized carbons (Fsp3) is 0.0667. The molecule has 1 unspecified atom stereocenters. The van der Waals surface area contributed by atoms with Crippen LogP contribution in [-0.4, -0.2) is 11.9 Å². The topological polar surface area (TPSA) is 95.4 Å². The fourth-order valence-corrected chi connectivity index (χ4v) is 2.34. The number of halogens is 2. The van der Waals surface area contributed by atoms with Gasteiger partial charge in [0, 0.05) is 10.6 Å². The summed E-state index contributed by atoms with van der Waals surface area (Å²) in [4.78, 5) is 23.8. The van der Waals surface area contributed by atoms with Gasteiger partial charge in [0.1, 0.15) is 0 Å². The summed E-state index contributed by atoms with van der Waals surface area (Å²) >= 11 is 11.7. The van der Waals surface area contributed by atoms with Crippen LogP contribution >= 0.6 is 23.2 Å². The van der Waals surface area contributed by atoms with Gasteiger partial charge in [0.2, 0.25) is 6.10 Å². The van der Waals surface area contributed by atoms with Crippen molar-refractivity contribution in [2.45, 2.75) is 6.10 Å². The average Bonchev–Trinajstić information content (AvgIpc) is 2.48. The predicted molar refractivity (Wildman–Crippen MR) is 84.7 cm³/mol. The molecule has 1 atom stereocenters. The standard InChI is InChI=1S/C15H12Cl2N2O3/c16-9-6-10(12(18)11(17)7-9)15(21)22-13(14(19)20)8-4-2-1-3-5-8/h1-7,13H,18H2,(H2,19,20). The molecule has 4 N–H and O–H groups in total. The number of rotatable bonds is 4. The van der Waals surface area contributed by atoms with Crippen molar-refractivity contribution in [1.82, 2.24) is 0 Å². The minimum Gasteiger partial charge on any atom is -0.444 e. The van der Waals surface area contributed by atoms with Crippen molar-refractivity contribution in [3.63, 3.8) is 0 Å². The number of esters is 1. The molecular weight excluding hydrogens is 327 g/mol. The Morgan fingerprint density at radius 2 is 1.73 bits per heavy atom. The number of carbonyl (C=O) groups excluding carboxylic acids is 2. The molecule has 0 radical (unpaired) electrons. The number of primary amides is 1. The van der Waals surface area contributed by atoms with Crippen molar-refractivity contribution >= 4 is 40.8 Å². The van der Waals surface area contributed by atoms with Gasteiger partial charge in [-0.3, -0.25) is 4.79 Å². The molecule has 0 saturated carbocycles. The molecule has 22 heavy (non-hydrogen) atoms. The van der Waals surface area contributed by atoms with Gasteiger partial charge in [-0.2, -0.15) is 0 Å². The van der Waals surface area contributed by atoms with Gasteiger partial charge >= 0.3 is 5.97 Å². The first-order chi connectivity index (χ1) is 10.4. The maximum atomic E-state index is 12.2. The third-order valence-corrected chi connectivity index (χ3v) is 3.43. The van der Waals surface area contributed by atoms with Crippen LogP contribution in [0.3, 0.4) is 0 Å². The number of benzene rings is 2. The van der Waals surface area contributed by atoms with Crippen molar-refractivity contribution in [1.29, 1.82) is 0 Å². The smallest absolute Gasteiger partial charge is 0.341 e. The Morgan fingerprint density at radius 1 is 1.09 bits per heavy atom. The third-order valence-electron chi connectivity index (χ3n) is 2.90. The lowest BCUT2D eigenvalue weighted by atomic mass is 10.1. The van der Waals surface area contributed by atoms with Gasteiger partial charge in [0.15, 0.2) is 0 Å². The molecule has 0 aliphatic carbocycles. The summed E-state index contributed by atoms with van der Waals surface area (Å²) in [5.74, 6) is -1.64. The molecule has 0 aliphatic rings. The zero-order valence-electron chi connectivity index (χ0n) is 11.3. The minimum absolute atomic E-state index is 0.0207. The average molecular weight is 339 g/mol. The highest BCUT2D eigenvalue weighted by Crippen LogP contribution is 2.29. The molecule has 0 fully saturated rings. The van der Waals surface area contributed by atoms with Crippen LogP contribution in [0.1, 0.15) is 22.0 Å². The Labute approximate surface area is 136 Å². The van der Waals surface area contributed by atoms with Crippen molar-refractivity contribution in [3.05, 3.63) is 63.6 Å². The SMILES string of the molecule is NC(=O)C(OC(=O)c1cc(Cl)cc(Cl)c1N)c1ccccc1. The summed E-state index contributed by atoms with van der Waals surface area (Å²) in [7, 11) is 0. The summed E-state index contributed by atoms with van der Waals surface area (Å²) < 4.78 is 5.16. The largest absolute Gasteiger partial charge is 0.444 e. The fourth-order valence-electron chi connectivity index (χ4n) is 1.84. The number of amides is 1. The van der Waals surface area contributed by atoms with E-state index in [9.17, 15) is 9.59 Å². The number of carbonyl (C=O) groups is 2. The Bertz CT molecular complexity index is 720. The molecule has 0 aliphatic heterocycles.